The van der Waals surface area contributed by atoms with E-state index in [2.05, 4.69) is 10.3 Å². The monoisotopic (exact) mass is 280 g/mol. The molecule has 0 radical (unpaired) electrons. The van der Waals surface area contributed by atoms with Gasteiger partial charge in [0.25, 0.3) is 5.91 Å². The largest absolute Gasteiger partial charge is 0.507 e. The van der Waals surface area contributed by atoms with E-state index in [4.69, 9.17) is 0 Å². The number of carbonyl (C=O) groups is 1. The van der Waals surface area contributed by atoms with Gasteiger partial charge in [0.1, 0.15) is 16.6 Å². The van der Waals surface area contributed by atoms with Crippen LogP contribution in [0.1, 0.15) is 27.2 Å². The van der Waals surface area contributed by atoms with Crippen LogP contribution in [0.4, 0.5) is 4.39 Å². The number of amides is 1. The predicted octanol–water partition coefficient (Wildman–Crippen LogP) is 2.48. The Morgan fingerprint density at radius 1 is 1.53 bits per heavy atom. The Morgan fingerprint density at radius 3 is 3.00 bits per heavy atom. The first kappa shape index (κ1) is 13.5. The third kappa shape index (κ3) is 3.29. The number of aromatic hydroxyl groups is 1. The Morgan fingerprint density at radius 2 is 2.32 bits per heavy atom. The molecule has 0 saturated carbocycles. The van der Waals surface area contributed by atoms with E-state index in [1.807, 2.05) is 6.92 Å². The number of nitrogens with one attached hydrogen (secondary N) is 1. The van der Waals surface area contributed by atoms with Crippen LogP contribution in [0, 0.1) is 5.82 Å². The second-order valence-corrected chi connectivity index (χ2v) is 5.12. The average molecular weight is 280 g/mol. The van der Waals surface area contributed by atoms with Gasteiger partial charge in [-0.05, 0) is 24.6 Å². The number of rotatable bonds is 4. The summed E-state index contributed by atoms with van der Waals surface area (Å²) in [6, 6.07) is 3.26. The van der Waals surface area contributed by atoms with Crippen molar-refractivity contribution in [2.45, 2.75) is 19.9 Å². The third-order valence-corrected chi connectivity index (χ3v) is 3.69. The summed E-state index contributed by atoms with van der Waals surface area (Å²) in [6.45, 7) is 2.29. The van der Waals surface area contributed by atoms with E-state index in [9.17, 15) is 14.3 Å². The van der Waals surface area contributed by atoms with Crippen molar-refractivity contribution in [3.05, 3.63) is 45.7 Å². The van der Waals surface area contributed by atoms with Gasteiger partial charge >= 0.3 is 0 Å². The SMILES string of the molecule is CCc1cnc(CNC(=O)c2cc(F)ccc2O)s1. The maximum Gasteiger partial charge on any atom is 0.255 e. The molecule has 1 aromatic heterocycles. The number of hydrogen-bond acceptors (Lipinski definition) is 4. The topological polar surface area (TPSA) is 62.2 Å². The zero-order valence-electron chi connectivity index (χ0n) is 10.3. The lowest BCUT2D eigenvalue weighted by atomic mass is 10.2. The second kappa shape index (κ2) is 5.79. The molecule has 4 nitrogen and oxygen atoms in total. The van der Waals surface area contributed by atoms with Crippen LogP contribution < -0.4 is 5.32 Å². The molecule has 1 aromatic carbocycles. The van der Waals surface area contributed by atoms with Crippen molar-refractivity contribution in [2.75, 3.05) is 0 Å². The molecule has 2 N–H and O–H groups in total. The normalized spacial score (nSPS) is 10.4. The van der Waals surface area contributed by atoms with E-state index in [1.54, 1.807) is 6.20 Å². The summed E-state index contributed by atoms with van der Waals surface area (Å²) >= 11 is 1.51. The van der Waals surface area contributed by atoms with Gasteiger partial charge < -0.3 is 10.4 Å². The fourth-order valence-electron chi connectivity index (χ4n) is 1.53. The molecule has 0 fully saturated rings. The van der Waals surface area contributed by atoms with Crippen LogP contribution in [-0.2, 0) is 13.0 Å². The molecule has 1 heterocycles. The highest BCUT2D eigenvalue weighted by atomic mass is 32.1. The molecule has 0 aliphatic rings. The van der Waals surface area contributed by atoms with Crippen LogP contribution in [0.3, 0.4) is 0 Å². The molecule has 0 atom stereocenters. The van der Waals surface area contributed by atoms with Crippen LogP contribution >= 0.6 is 11.3 Å². The van der Waals surface area contributed by atoms with Gasteiger partial charge in [-0.3, -0.25) is 4.79 Å². The Kier molecular flexibility index (Phi) is 4.11. The molecule has 0 spiro atoms. The molecular formula is C13H13FN2O2S. The van der Waals surface area contributed by atoms with Crippen LogP contribution in [0.15, 0.2) is 24.4 Å². The number of aryl methyl sites for hydroxylation is 1. The molecule has 0 aliphatic heterocycles. The molecule has 0 bridgehead atoms. The molecular weight excluding hydrogens is 267 g/mol. The highest BCUT2D eigenvalue weighted by molar-refractivity contribution is 7.11. The minimum Gasteiger partial charge on any atom is -0.507 e. The van der Waals surface area contributed by atoms with Crippen molar-refractivity contribution in [1.82, 2.24) is 10.3 Å². The van der Waals surface area contributed by atoms with Crippen molar-refractivity contribution >= 4 is 17.2 Å². The third-order valence-electron chi connectivity index (χ3n) is 2.55. The van der Waals surface area contributed by atoms with E-state index in [0.29, 0.717) is 0 Å². The van der Waals surface area contributed by atoms with E-state index >= 15 is 0 Å². The maximum absolute atomic E-state index is 13.0. The Bertz CT molecular complexity index is 598. The highest BCUT2D eigenvalue weighted by Crippen LogP contribution is 2.18. The molecule has 1 amide bonds. The van der Waals surface area contributed by atoms with Crippen molar-refractivity contribution in [3.8, 4) is 5.75 Å². The summed E-state index contributed by atoms with van der Waals surface area (Å²) in [4.78, 5) is 17.1. The lowest BCUT2D eigenvalue weighted by Gasteiger charge is -2.05. The predicted molar refractivity (Wildman–Crippen MR) is 70.7 cm³/mol. The fraction of sp³-hybridized carbons (Fsp3) is 0.231. The Hall–Kier alpha value is -1.95. The van der Waals surface area contributed by atoms with Crippen LogP contribution in [-0.4, -0.2) is 16.0 Å². The molecule has 0 aliphatic carbocycles. The van der Waals surface area contributed by atoms with Crippen LogP contribution in [0.25, 0.3) is 0 Å². The van der Waals surface area contributed by atoms with Crippen LogP contribution in [0.5, 0.6) is 5.75 Å². The number of phenolic OH excluding ortho intramolecular Hbond substituents is 1. The lowest BCUT2D eigenvalue weighted by molar-refractivity contribution is 0.0947. The summed E-state index contributed by atoms with van der Waals surface area (Å²) < 4.78 is 13.0. The first-order valence-corrected chi connectivity index (χ1v) is 6.62. The van der Waals surface area contributed by atoms with E-state index in [1.165, 1.54) is 11.3 Å². The number of thiazole rings is 1. The standard InChI is InChI=1S/C13H13FN2O2S/c1-2-9-6-15-12(19-9)7-16-13(18)10-5-8(14)3-4-11(10)17/h3-6,17H,2,7H2,1H3,(H,16,18). The molecule has 2 aromatic rings. The van der Waals surface area contributed by atoms with Crippen LogP contribution in [0.2, 0.25) is 0 Å². The molecule has 6 heteroatoms. The van der Waals surface area contributed by atoms with Gasteiger partial charge in [0.05, 0.1) is 12.1 Å². The minimum absolute atomic E-state index is 0.0766. The van der Waals surface area contributed by atoms with Crippen molar-refractivity contribution in [3.63, 3.8) is 0 Å². The maximum atomic E-state index is 13.0. The first-order valence-electron chi connectivity index (χ1n) is 5.80. The van der Waals surface area contributed by atoms with Gasteiger partial charge in [0.2, 0.25) is 0 Å². The van der Waals surface area contributed by atoms with E-state index in [0.717, 1.165) is 34.5 Å². The van der Waals surface area contributed by atoms with Crippen molar-refractivity contribution in [1.29, 1.82) is 0 Å². The number of aromatic nitrogens is 1. The highest BCUT2D eigenvalue weighted by Gasteiger charge is 2.12. The number of benzene rings is 1. The Balaban J connectivity index is 2.03. The van der Waals surface area contributed by atoms with Crippen molar-refractivity contribution in [2.24, 2.45) is 0 Å². The molecule has 0 unspecified atom stereocenters. The number of hydrogen-bond donors (Lipinski definition) is 2. The molecule has 100 valence electrons. The van der Waals surface area contributed by atoms with E-state index in [-0.39, 0.29) is 17.9 Å². The molecule has 2 rings (SSSR count). The van der Waals surface area contributed by atoms with Gasteiger partial charge in [0, 0.05) is 11.1 Å². The zero-order valence-corrected chi connectivity index (χ0v) is 11.1. The Labute approximate surface area is 113 Å². The van der Waals surface area contributed by atoms with Gasteiger partial charge in [-0.25, -0.2) is 9.37 Å². The first-order chi connectivity index (χ1) is 9.10. The second-order valence-electron chi connectivity index (χ2n) is 3.92. The summed E-state index contributed by atoms with van der Waals surface area (Å²) in [5, 5.41) is 12.9. The smallest absolute Gasteiger partial charge is 0.255 e. The number of phenols is 1. The molecule has 0 saturated heterocycles. The quantitative estimate of drug-likeness (QED) is 0.904. The fourth-order valence-corrected chi connectivity index (χ4v) is 2.34. The lowest BCUT2D eigenvalue weighted by Crippen LogP contribution is -2.22. The van der Waals surface area contributed by atoms with Gasteiger partial charge in [-0.1, -0.05) is 6.92 Å². The summed E-state index contributed by atoms with van der Waals surface area (Å²) in [7, 11) is 0. The number of nitrogens with zero attached hydrogens (tertiary/aromatic N) is 1. The van der Waals surface area contributed by atoms with Gasteiger partial charge in [0.15, 0.2) is 0 Å². The molecule has 19 heavy (non-hydrogen) atoms. The average Bonchev–Trinajstić information content (AvgIpc) is 2.87. The summed E-state index contributed by atoms with van der Waals surface area (Å²) in [6.07, 6.45) is 2.67. The number of halogens is 1. The minimum atomic E-state index is -0.564. The zero-order chi connectivity index (χ0) is 13.8. The van der Waals surface area contributed by atoms with E-state index < -0.39 is 11.7 Å². The van der Waals surface area contributed by atoms with Crippen molar-refractivity contribution < 1.29 is 14.3 Å². The number of carbonyl (C=O) groups excluding carboxylic acids is 1. The van der Waals surface area contributed by atoms with Gasteiger partial charge in [-0.15, -0.1) is 11.3 Å². The summed E-state index contributed by atoms with van der Waals surface area (Å²) in [5.41, 5.74) is -0.0766. The summed E-state index contributed by atoms with van der Waals surface area (Å²) in [5.74, 6) is -1.33. The van der Waals surface area contributed by atoms with Gasteiger partial charge in [-0.2, -0.15) is 0 Å².